The monoisotopic (exact) mass is 340 g/mol. The highest BCUT2D eigenvalue weighted by Gasteiger charge is 2.37. The van der Waals surface area contributed by atoms with E-state index in [-0.39, 0.29) is 37.1 Å². The summed E-state index contributed by atoms with van der Waals surface area (Å²) < 4.78 is 27.7. The SMILES string of the molecule is CCOC(=O)CN(CC)CC(=O)NC1CS(=O)(=O)CC1Cl. The molecule has 0 aliphatic carbocycles. The molecule has 122 valence electrons. The van der Waals surface area contributed by atoms with E-state index < -0.39 is 27.2 Å². The molecule has 7 nitrogen and oxygen atoms in total. The molecule has 0 aromatic rings. The number of likely N-dealkylation sites (N-methyl/N-ethyl adjacent to an activating group) is 1. The zero-order valence-electron chi connectivity index (χ0n) is 12.2. The lowest BCUT2D eigenvalue weighted by molar-refractivity contribution is -0.144. The summed E-state index contributed by atoms with van der Waals surface area (Å²) in [4.78, 5) is 24.9. The Morgan fingerprint density at radius 2 is 1.95 bits per heavy atom. The number of ether oxygens (including phenoxy) is 1. The molecule has 1 N–H and O–H groups in total. The predicted molar refractivity (Wildman–Crippen MR) is 79.0 cm³/mol. The Morgan fingerprint density at radius 3 is 2.43 bits per heavy atom. The van der Waals surface area contributed by atoms with E-state index in [1.165, 1.54) is 0 Å². The molecule has 1 aliphatic rings. The molecule has 2 unspecified atom stereocenters. The molecule has 0 bridgehead atoms. The Hall–Kier alpha value is -0.860. The normalized spacial score (nSPS) is 24.0. The highest BCUT2D eigenvalue weighted by molar-refractivity contribution is 7.91. The topological polar surface area (TPSA) is 92.8 Å². The summed E-state index contributed by atoms with van der Waals surface area (Å²) in [6.45, 7) is 4.33. The van der Waals surface area contributed by atoms with Gasteiger partial charge in [0.1, 0.15) is 0 Å². The Balaban J connectivity index is 2.46. The second kappa shape index (κ2) is 7.95. The third kappa shape index (κ3) is 6.19. The molecule has 0 aromatic heterocycles. The molecule has 0 spiro atoms. The fourth-order valence-electron chi connectivity index (χ4n) is 2.06. The number of sulfone groups is 1. The van der Waals surface area contributed by atoms with Gasteiger partial charge in [-0.2, -0.15) is 0 Å². The standard InChI is InChI=1S/C12H21ClN2O5S/c1-3-15(6-12(17)20-4-2)5-11(16)14-10-8-21(18,19)7-9(10)13/h9-10H,3-8H2,1-2H3,(H,14,16). The van der Waals surface area contributed by atoms with Gasteiger partial charge in [-0.1, -0.05) is 6.92 Å². The minimum atomic E-state index is -3.19. The number of esters is 1. The smallest absolute Gasteiger partial charge is 0.320 e. The van der Waals surface area contributed by atoms with Crippen LogP contribution in [0, 0.1) is 0 Å². The first-order valence-corrected chi connectivity index (χ1v) is 9.05. The first-order valence-electron chi connectivity index (χ1n) is 6.79. The van der Waals surface area contributed by atoms with Crippen molar-refractivity contribution in [2.45, 2.75) is 25.3 Å². The highest BCUT2D eigenvalue weighted by Crippen LogP contribution is 2.17. The van der Waals surface area contributed by atoms with E-state index in [4.69, 9.17) is 16.3 Å². The molecule has 1 aliphatic heterocycles. The van der Waals surface area contributed by atoms with Gasteiger partial charge in [0.2, 0.25) is 5.91 Å². The summed E-state index contributed by atoms with van der Waals surface area (Å²) in [5.74, 6) is -1.02. The van der Waals surface area contributed by atoms with Gasteiger partial charge in [0.05, 0.1) is 42.6 Å². The van der Waals surface area contributed by atoms with Crippen molar-refractivity contribution in [2.24, 2.45) is 0 Å². The third-order valence-electron chi connectivity index (χ3n) is 3.10. The van der Waals surface area contributed by atoms with Crippen LogP contribution < -0.4 is 5.32 Å². The first-order chi connectivity index (χ1) is 9.77. The number of rotatable bonds is 7. The van der Waals surface area contributed by atoms with Crippen molar-refractivity contribution >= 4 is 33.3 Å². The summed E-state index contributed by atoms with van der Waals surface area (Å²) in [6, 6.07) is -0.578. The molecule has 2 atom stereocenters. The van der Waals surface area contributed by atoms with Gasteiger partial charge in [-0.25, -0.2) is 8.42 Å². The zero-order chi connectivity index (χ0) is 16.0. The molecule has 1 rings (SSSR count). The molecular weight excluding hydrogens is 320 g/mol. The maximum absolute atomic E-state index is 11.9. The lowest BCUT2D eigenvalue weighted by Crippen LogP contribution is -2.46. The van der Waals surface area contributed by atoms with E-state index in [1.807, 2.05) is 6.92 Å². The molecule has 0 saturated carbocycles. The van der Waals surface area contributed by atoms with Crippen LogP contribution in [-0.4, -0.2) is 74.4 Å². The van der Waals surface area contributed by atoms with Crippen molar-refractivity contribution < 1.29 is 22.7 Å². The fraction of sp³-hybridized carbons (Fsp3) is 0.833. The van der Waals surface area contributed by atoms with Crippen molar-refractivity contribution in [1.29, 1.82) is 0 Å². The van der Waals surface area contributed by atoms with Crippen LogP contribution in [0.25, 0.3) is 0 Å². The number of hydrogen-bond acceptors (Lipinski definition) is 6. The van der Waals surface area contributed by atoms with Crippen molar-refractivity contribution in [3.8, 4) is 0 Å². The summed E-state index contributed by atoms with van der Waals surface area (Å²) in [6.07, 6.45) is 0. The van der Waals surface area contributed by atoms with Gasteiger partial charge in [-0.3, -0.25) is 14.5 Å². The number of nitrogens with zero attached hydrogens (tertiary/aromatic N) is 1. The minimum Gasteiger partial charge on any atom is -0.465 e. The summed E-state index contributed by atoms with van der Waals surface area (Å²) in [7, 11) is -3.19. The Morgan fingerprint density at radius 1 is 1.29 bits per heavy atom. The number of carbonyl (C=O) groups is 2. The van der Waals surface area contributed by atoms with Gasteiger partial charge in [0.15, 0.2) is 9.84 Å². The Kier molecular flexibility index (Phi) is 6.89. The highest BCUT2D eigenvalue weighted by atomic mass is 35.5. The van der Waals surface area contributed by atoms with E-state index in [0.29, 0.717) is 6.54 Å². The number of halogens is 1. The molecule has 1 heterocycles. The van der Waals surface area contributed by atoms with Crippen molar-refractivity contribution in [1.82, 2.24) is 10.2 Å². The second-order valence-corrected chi connectivity index (χ2v) is 7.59. The van der Waals surface area contributed by atoms with Crippen LogP contribution in [0.1, 0.15) is 13.8 Å². The zero-order valence-corrected chi connectivity index (χ0v) is 13.7. The first kappa shape index (κ1) is 18.2. The van der Waals surface area contributed by atoms with Crippen LogP contribution in [-0.2, 0) is 24.2 Å². The molecule has 1 amide bonds. The van der Waals surface area contributed by atoms with Crippen molar-refractivity contribution in [3.63, 3.8) is 0 Å². The van der Waals surface area contributed by atoms with Crippen LogP contribution in [0.3, 0.4) is 0 Å². The number of alkyl halides is 1. The van der Waals surface area contributed by atoms with Crippen LogP contribution in [0.4, 0.5) is 0 Å². The number of nitrogens with one attached hydrogen (secondary N) is 1. The lowest BCUT2D eigenvalue weighted by atomic mass is 10.2. The van der Waals surface area contributed by atoms with Gasteiger partial charge < -0.3 is 10.1 Å². The van der Waals surface area contributed by atoms with Crippen LogP contribution >= 0.6 is 11.6 Å². The maximum Gasteiger partial charge on any atom is 0.320 e. The van der Waals surface area contributed by atoms with Gasteiger partial charge in [-0.15, -0.1) is 11.6 Å². The predicted octanol–water partition coefficient (Wildman–Crippen LogP) is -0.608. The third-order valence-corrected chi connectivity index (χ3v) is 5.48. The van der Waals surface area contributed by atoms with Crippen LogP contribution in [0.5, 0.6) is 0 Å². The van der Waals surface area contributed by atoms with E-state index in [1.54, 1.807) is 11.8 Å². The lowest BCUT2D eigenvalue weighted by Gasteiger charge is -2.21. The van der Waals surface area contributed by atoms with Crippen LogP contribution in [0.2, 0.25) is 0 Å². The van der Waals surface area contributed by atoms with E-state index in [2.05, 4.69) is 5.32 Å². The Labute approximate surface area is 129 Å². The average molecular weight is 341 g/mol. The number of carbonyl (C=O) groups excluding carboxylic acids is 2. The quantitative estimate of drug-likeness (QED) is 0.491. The molecule has 1 saturated heterocycles. The molecule has 0 radical (unpaired) electrons. The van der Waals surface area contributed by atoms with Gasteiger partial charge >= 0.3 is 5.97 Å². The molecule has 21 heavy (non-hydrogen) atoms. The van der Waals surface area contributed by atoms with Gasteiger partial charge in [0.25, 0.3) is 0 Å². The average Bonchev–Trinajstić information content (AvgIpc) is 2.61. The summed E-state index contributed by atoms with van der Waals surface area (Å²) >= 11 is 5.92. The van der Waals surface area contributed by atoms with Crippen molar-refractivity contribution in [3.05, 3.63) is 0 Å². The van der Waals surface area contributed by atoms with E-state index >= 15 is 0 Å². The second-order valence-electron chi connectivity index (χ2n) is 4.88. The molecule has 9 heteroatoms. The summed E-state index contributed by atoms with van der Waals surface area (Å²) in [5.41, 5.74) is 0. The summed E-state index contributed by atoms with van der Waals surface area (Å²) in [5, 5.41) is 2.00. The van der Waals surface area contributed by atoms with Crippen molar-refractivity contribution in [2.75, 3.05) is 37.7 Å². The van der Waals surface area contributed by atoms with Gasteiger partial charge in [-0.05, 0) is 13.5 Å². The van der Waals surface area contributed by atoms with E-state index in [9.17, 15) is 18.0 Å². The molecule has 0 aromatic carbocycles. The van der Waals surface area contributed by atoms with E-state index in [0.717, 1.165) is 0 Å². The number of amides is 1. The number of hydrogen-bond donors (Lipinski definition) is 1. The van der Waals surface area contributed by atoms with Gasteiger partial charge in [0, 0.05) is 0 Å². The molecular formula is C12H21ClN2O5S. The maximum atomic E-state index is 11.9. The molecule has 1 fully saturated rings. The largest absolute Gasteiger partial charge is 0.465 e. The van der Waals surface area contributed by atoms with Crippen LogP contribution in [0.15, 0.2) is 0 Å². The fourth-order valence-corrected chi connectivity index (χ4v) is 4.61. The minimum absolute atomic E-state index is 0.00449. The Bertz CT molecular complexity index is 482.